The highest BCUT2D eigenvalue weighted by atomic mass is 16.7. The van der Waals surface area contributed by atoms with Crippen molar-refractivity contribution in [3.8, 4) is 22.6 Å². The SMILES string of the molecule is COCCc1nn(C)c(N)c1-c1ccc2c(c1)OCO2. The Morgan fingerprint density at radius 3 is 2.95 bits per heavy atom. The average molecular weight is 275 g/mol. The van der Waals surface area contributed by atoms with Crippen LogP contribution < -0.4 is 15.2 Å². The van der Waals surface area contributed by atoms with Gasteiger partial charge in [0.2, 0.25) is 6.79 Å². The lowest BCUT2D eigenvalue weighted by Crippen LogP contribution is -1.98. The van der Waals surface area contributed by atoms with Gasteiger partial charge in [0.25, 0.3) is 0 Å². The van der Waals surface area contributed by atoms with Gasteiger partial charge in [-0.05, 0) is 17.7 Å². The van der Waals surface area contributed by atoms with Crippen LogP contribution in [0.4, 0.5) is 5.82 Å². The van der Waals surface area contributed by atoms with E-state index in [0.717, 1.165) is 28.3 Å². The Labute approximate surface area is 117 Å². The summed E-state index contributed by atoms with van der Waals surface area (Å²) >= 11 is 0. The zero-order valence-electron chi connectivity index (χ0n) is 11.5. The van der Waals surface area contributed by atoms with Crippen molar-refractivity contribution in [3.63, 3.8) is 0 Å². The molecule has 2 N–H and O–H groups in total. The van der Waals surface area contributed by atoms with E-state index >= 15 is 0 Å². The van der Waals surface area contributed by atoms with Gasteiger partial charge in [-0.25, -0.2) is 0 Å². The minimum atomic E-state index is 0.262. The van der Waals surface area contributed by atoms with Gasteiger partial charge in [0.1, 0.15) is 5.82 Å². The molecule has 0 bridgehead atoms. The first kappa shape index (κ1) is 12.8. The van der Waals surface area contributed by atoms with Crippen LogP contribution in [0.15, 0.2) is 18.2 Å². The molecule has 6 nitrogen and oxygen atoms in total. The van der Waals surface area contributed by atoms with Crippen LogP contribution in [-0.2, 0) is 18.2 Å². The number of aromatic nitrogens is 2. The van der Waals surface area contributed by atoms with Crippen LogP contribution in [0.1, 0.15) is 5.69 Å². The van der Waals surface area contributed by atoms with Crippen molar-refractivity contribution in [1.29, 1.82) is 0 Å². The number of fused-ring (bicyclic) bond motifs is 1. The summed E-state index contributed by atoms with van der Waals surface area (Å²) in [6.07, 6.45) is 0.714. The highest BCUT2D eigenvalue weighted by Gasteiger charge is 2.19. The van der Waals surface area contributed by atoms with Gasteiger partial charge in [-0.3, -0.25) is 4.68 Å². The first-order chi connectivity index (χ1) is 9.70. The lowest BCUT2D eigenvalue weighted by molar-refractivity contribution is 0.174. The molecule has 20 heavy (non-hydrogen) atoms. The Kier molecular flexibility index (Phi) is 3.23. The minimum absolute atomic E-state index is 0.262. The second-order valence-corrected chi connectivity index (χ2v) is 4.64. The molecule has 0 aliphatic carbocycles. The van der Waals surface area contributed by atoms with Gasteiger partial charge >= 0.3 is 0 Å². The van der Waals surface area contributed by atoms with E-state index in [-0.39, 0.29) is 6.79 Å². The van der Waals surface area contributed by atoms with Gasteiger partial charge in [0.05, 0.1) is 12.3 Å². The number of benzene rings is 1. The molecule has 6 heteroatoms. The van der Waals surface area contributed by atoms with E-state index in [1.165, 1.54) is 0 Å². The number of hydrogen-bond donors (Lipinski definition) is 1. The molecule has 0 fully saturated rings. The molecular formula is C14H17N3O3. The summed E-state index contributed by atoms with van der Waals surface area (Å²) in [5.41, 5.74) is 8.97. The molecule has 0 amide bonds. The standard InChI is InChI=1S/C14H17N3O3/c1-17-14(15)13(10(16-17)5-6-18-2)9-3-4-11-12(7-9)20-8-19-11/h3-4,7H,5-6,8,15H2,1-2H3. The fourth-order valence-electron chi connectivity index (χ4n) is 2.33. The summed E-state index contributed by atoms with van der Waals surface area (Å²) in [5.74, 6) is 2.13. The number of nitrogens with zero attached hydrogens (tertiary/aromatic N) is 2. The Morgan fingerprint density at radius 1 is 1.35 bits per heavy atom. The van der Waals surface area contributed by atoms with Gasteiger partial charge in [-0.1, -0.05) is 6.07 Å². The van der Waals surface area contributed by atoms with Gasteiger partial charge in [-0.2, -0.15) is 5.10 Å². The van der Waals surface area contributed by atoms with Crippen molar-refractivity contribution in [2.75, 3.05) is 26.2 Å². The molecule has 0 saturated carbocycles. The van der Waals surface area contributed by atoms with Crippen molar-refractivity contribution in [2.24, 2.45) is 7.05 Å². The smallest absolute Gasteiger partial charge is 0.231 e. The molecule has 0 spiro atoms. The van der Waals surface area contributed by atoms with E-state index in [0.29, 0.717) is 18.8 Å². The van der Waals surface area contributed by atoms with E-state index in [4.69, 9.17) is 19.9 Å². The third-order valence-corrected chi connectivity index (χ3v) is 3.37. The molecule has 1 aromatic heterocycles. The van der Waals surface area contributed by atoms with Crippen LogP contribution in [0.5, 0.6) is 11.5 Å². The van der Waals surface area contributed by atoms with E-state index in [2.05, 4.69) is 5.10 Å². The van der Waals surface area contributed by atoms with Gasteiger partial charge < -0.3 is 19.9 Å². The minimum Gasteiger partial charge on any atom is -0.454 e. The maximum absolute atomic E-state index is 6.14. The van der Waals surface area contributed by atoms with Gasteiger partial charge in [-0.15, -0.1) is 0 Å². The Bertz CT molecular complexity index is 637. The lowest BCUT2D eigenvalue weighted by atomic mass is 10.0. The van der Waals surface area contributed by atoms with E-state index in [9.17, 15) is 0 Å². The van der Waals surface area contributed by atoms with Crippen molar-refractivity contribution >= 4 is 5.82 Å². The zero-order valence-corrected chi connectivity index (χ0v) is 11.5. The molecule has 1 aliphatic heterocycles. The molecule has 1 aromatic carbocycles. The number of aryl methyl sites for hydroxylation is 1. The van der Waals surface area contributed by atoms with Crippen molar-refractivity contribution in [2.45, 2.75) is 6.42 Å². The second-order valence-electron chi connectivity index (χ2n) is 4.64. The molecule has 0 radical (unpaired) electrons. The molecule has 2 aromatic rings. The maximum Gasteiger partial charge on any atom is 0.231 e. The average Bonchev–Trinajstić information content (AvgIpc) is 3.01. The molecule has 3 rings (SSSR count). The summed E-state index contributed by atoms with van der Waals surface area (Å²) < 4.78 is 17.5. The van der Waals surface area contributed by atoms with Gasteiger partial charge in [0.15, 0.2) is 11.5 Å². The highest BCUT2D eigenvalue weighted by Crippen LogP contribution is 2.38. The number of anilines is 1. The Hall–Kier alpha value is -2.21. The van der Waals surface area contributed by atoms with Crippen LogP contribution in [0, 0.1) is 0 Å². The van der Waals surface area contributed by atoms with Crippen LogP contribution in [-0.4, -0.2) is 30.3 Å². The Morgan fingerprint density at radius 2 is 2.15 bits per heavy atom. The first-order valence-corrected chi connectivity index (χ1v) is 6.41. The maximum atomic E-state index is 6.14. The van der Waals surface area contributed by atoms with Crippen molar-refractivity contribution in [1.82, 2.24) is 9.78 Å². The molecule has 0 unspecified atom stereocenters. The fourth-order valence-corrected chi connectivity index (χ4v) is 2.33. The van der Waals surface area contributed by atoms with Crippen LogP contribution in [0.3, 0.4) is 0 Å². The van der Waals surface area contributed by atoms with Crippen molar-refractivity contribution in [3.05, 3.63) is 23.9 Å². The van der Waals surface area contributed by atoms with Crippen LogP contribution >= 0.6 is 0 Å². The number of methoxy groups -OCH3 is 1. The number of nitrogens with two attached hydrogens (primary N) is 1. The third kappa shape index (κ3) is 2.08. The van der Waals surface area contributed by atoms with E-state index in [1.54, 1.807) is 11.8 Å². The van der Waals surface area contributed by atoms with E-state index in [1.807, 2.05) is 25.2 Å². The molecule has 2 heterocycles. The number of rotatable bonds is 4. The molecule has 0 saturated heterocycles. The zero-order chi connectivity index (χ0) is 14.1. The summed E-state index contributed by atoms with van der Waals surface area (Å²) in [4.78, 5) is 0. The molecular weight excluding hydrogens is 258 g/mol. The third-order valence-electron chi connectivity index (χ3n) is 3.37. The van der Waals surface area contributed by atoms with E-state index < -0.39 is 0 Å². The lowest BCUT2D eigenvalue weighted by Gasteiger charge is -2.05. The number of nitrogen functional groups attached to an aromatic ring is 1. The van der Waals surface area contributed by atoms with Crippen LogP contribution in [0.2, 0.25) is 0 Å². The summed E-state index contributed by atoms with van der Waals surface area (Å²) in [6, 6.07) is 5.80. The summed E-state index contributed by atoms with van der Waals surface area (Å²) in [7, 11) is 3.51. The quantitative estimate of drug-likeness (QED) is 0.917. The first-order valence-electron chi connectivity index (χ1n) is 6.41. The topological polar surface area (TPSA) is 71.5 Å². The van der Waals surface area contributed by atoms with Gasteiger partial charge in [0, 0.05) is 26.1 Å². The van der Waals surface area contributed by atoms with Crippen molar-refractivity contribution < 1.29 is 14.2 Å². The number of ether oxygens (including phenoxy) is 3. The predicted octanol–water partition coefficient (Wildman–Crippen LogP) is 1.59. The van der Waals surface area contributed by atoms with Crippen LogP contribution in [0.25, 0.3) is 11.1 Å². The molecule has 1 aliphatic rings. The monoisotopic (exact) mass is 275 g/mol. The predicted molar refractivity (Wildman–Crippen MR) is 74.8 cm³/mol. The number of hydrogen-bond acceptors (Lipinski definition) is 5. The summed E-state index contributed by atoms with van der Waals surface area (Å²) in [5, 5.41) is 4.46. The molecule has 0 atom stereocenters. The highest BCUT2D eigenvalue weighted by molar-refractivity contribution is 5.78. The fraction of sp³-hybridized carbons (Fsp3) is 0.357. The second kappa shape index (κ2) is 5.05. The largest absolute Gasteiger partial charge is 0.454 e. The molecule has 106 valence electrons. The Balaban J connectivity index is 2.04. The normalized spacial score (nSPS) is 12.9. The summed E-state index contributed by atoms with van der Waals surface area (Å²) in [6.45, 7) is 0.867.